The Morgan fingerprint density at radius 3 is 2.85 bits per heavy atom. The lowest BCUT2D eigenvalue weighted by Gasteiger charge is -2.18. The molecule has 0 radical (unpaired) electrons. The predicted molar refractivity (Wildman–Crippen MR) is 97.3 cm³/mol. The molecule has 1 aliphatic heterocycles. The van der Waals surface area contributed by atoms with Crippen molar-refractivity contribution in [2.45, 2.75) is 13.3 Å². The van der Waals surface area contributed by atoms with Crippen molar-refractivity contribution in [3.8, 4) is 11.5 Å². The number of anilines is 1. The minimum Gasteiger partial charge on any atom is -0.481 e. The van der Waals surface area contributed by atoms with Crippen LogP contribution in [0.4, 0.5) is 5.69 Å². The van der Waals surface area contributed by atoms with Gasteiger partial charge in [0.1, 0.15) is 5.52 Å². The summed E-state index contributed by atoms with van der Waals surface area (Å²) in [5, 5.41) is 9.54. The number of aromatic nitrogens is 1. The molecule has 2 aromatic carbocycles. The van der Waals surface area contributed by atoms with Gasteiger partial charge >= 0.3 is 5.97 Å². The highest BCUT2D eigenvalue weighted by atomic mass is 35.5. The van der Waals surface area contributed by atoms with Crippen molar-refractivity contribution in [3.05, 3.63) is 47.0 Å². The molecule has 1 saturated heterocycles. The van der Waals surface area contributed by atoms with E-state index >= 15 is 0 Å². The molecular weight excluding hydrogens is 356 g/mol. The number of nitrogens with zero attached hydrogens (tertiary/aromatic N) is 2. The maximum absolute atomic E-state index is 12.2. The second-order valence-corrected chi connectivity index (χ2v) is 6.81. The third-order valence-corrected chi connectivity index (χ3v) is 4.82. The summed E-state index contributed by atoms with van der Waals surface area (Å²) in [6.07, 6.45) is -0.0297. The maximum atomic E-state index is 12.2. The van der Waals surface area contributed by atoms with Gasteiger partial charge in [-0.15, -0.1) is 0 Å². The van der Waals surface area contributed by atoms with Gasteiger partial charge in [-0.25, -0.2) is 4.98 Å². The highest BCUT2D eigenvalue weighted by Crippen LogP contribution is 2.35. The lowest BCUT2D eigenvalue weighted by Crippen LogP contribution is -2.26. The summed E-state index contributed by atoms with van der Waals surface area (Å²) in [6.45, 7) is 2.08. The van der Waals surface area contributed by atoms with Crippen LogP contribution in [0.3, 0.4) is 0 Å². The van der Waals surface area contributed by atoms with E-state index < -0.39 is 11.9 Å². The quantitative estimate of drug-likeness (QED) is 0.756. The van der Waals surface area contributed by atoms with Crippen LogP contribution < -0.4 is 4.90 Å². The van der Waals surface area contributed by atoms with E-state index in [2.05, 4.69) is 4.98 Å². The molecule has 1 aliphatic rings. The SMILES string of the molecule is Cc1ccc2oc(-c3ccc(Cl)c(N4C[C@@H](C(=O)O)CC4=O)c3)nc2c1. The van der Waals surface area contributed by atoms with Crippen molar-refractivity contribution in [3.63, 3.8) is 0 Å². The first kappa shape index (κ1) is 16.6. The Morgan fingerprint density at radius 2 is 2.12 bits per heavy atom. The molecule has 0 aliphatic carbocycles. The van der Waals surface area contributed by atoms with Crippen LogP contribution in [0.5, 0.6) is 0 Å². The van der Waals surface area contributed by atoms with Crippen LogP contribution in [-0.4, -0.2) is 28.5 Å². The lowest BCUT2D eigenvalue weighted by atomic mass is 10.1. The van der Waals surface area contributed by atoms with E-state index in [0.717, 1.165) is 11.1 Å². The zero-order valence-corrected chi connectivity index (χ0v) is 14.7. The number of carboxylic acids is 1. The van der Waals surface area contributed by atoms with Gasteiger partial charge in [0.15, 0.2) is 5.58 Å². The molecule has 1 fully saturated rings. The number of halogens is 1. The van der Waals surface area contributed by atoms with E-state index in [1.165, 1.54) is 4.90 Å². The minimum absolute atomic E-state index is 0.0297. The predicted octanol–water partition coefficient (Wildman–Crippen LogP) is 3.89. The van der Waals surface area contributed by atoms with Gasteiger partial charge in [-0.2, -0.15) is 0 Å². The van der Waals surface area contributed by atoms with Crippen LogP contribution in [0.25, 0.3) is 22.6 Å². The van der Waals surface area contributed by atoms with Gasteiger partial charge in [-0.1, -0.05) is 17.7 Å². The summed E-state index contributed by atoms with van der Waals surface area (Å²) in [4.78, 5) is 29.3. The molecule has 7 heteroatoms. The van der Waals surface area contributed by atoms with Crippen LogP contribution in [0.15, 0.2) is 40.8 Å². The third kappa shape index (κ3) is 2.82. The van der Waals surface area contributed by atoms with Crippen LogP contribution in [0, 0.1) is 12.8 Å². The molecule has 3 aromatic rings. The van der Waals surface area contributed by atoms with E-state index in [1.807, 2.05) is 25.1 Å². The van der Waals surface area contributed by atoms with Gasteiger partial charge in [0.25, 0.3) is 0 Å². The number of benzene rings is 2. The molecule has 132 valence electrons. The molecule has 0 bridgehead atoms. The van der Waals surface area contributed by atoms with Crippen molar-refractivity contribution in [1.29, 1.82) is 0 Å². The summed E-state index contributed by atoms with van der Waals surface area (Å²) < 4.78 is 5.80. The smallest absolute Gasteiger partial charge is 0.308 e. The molecule has 1 atom stereocenters. The van der Waals surface area contributed by atoms with Gasteiger partial charge in [0.2, 0.25) is 11.8 Å². The summed E-state index contributed by atoms with van der Waals surface area (Å²) in [6, 6.07) is 10.9. The summed E-state index contributed by atoms with van der Waals surface area (Å²) in [5.74, 6) is -1.55. The fourth-order valence-corrected chi connectivity index (χ4v) is 3.34. The Morgan fingerprint density at radius 1 is 1.31 bits per heavy atom. The van der Waals surface area contributed by atoms with Gasteiger partial charge in [-0.3, -0.25) is 9.59 Å². The second-order valence-electron chi connectivity index (χ2n) is 6.40. The largest absolute Gasteiger partial charge is 0.481 e. The number of rotatable bonds is 3. The first-order chi connectivity index (χ1) is 12.4. The molecule has 1 aromatic heterocycles. The third-order valence-electron chi connectivity index (χ3n) is 4.50. The van der Waals surface area contributed by atoms with Crippen molar-refractivity contribution in [2.24, 2.45) is 5.92 Å². The van der Waals surface area contributed by atoms with Gasteiger partial charge < -0.3 is 14.4 Å². The molecule has 1 amide bonds. The van der Waals surface area contributed by atoms with Crippen molar-refractivity contribution < 1.29 is 19.1 Å². The molecule has 2 heterocycles. The number of carbonyl (C=O) groups is 2. The van der Waals surface area contributed by atoms with E-state index in [4.69, 9.17) is 21.1 Å². The first-order valence-corrected chi connectivity index (χ1v) is 8.50. The van der Waals surface area contributed by atoms with E-state index in [9.17, 15) is 9.59 Å². The Balaban J connectivity index is 1.74. The van der Waals surface area contributed by atoms with Crippen molar-refractivity contribution in [2.75, 3.05) is 11.4 Å². The average molecular weight is 371 g/mol. The number of amides is 1. The fraction of sp³-hybridized carbons (Fsp3) is 0.211. The summed E-state index contributed by atoms with van der Waals surface area (Å²) in [5.41, 5.74) is 3.64. The Hall–Kier alpha value is -2.86. The van der Waals surface area contributed by atoms with E-state index in [0.29, 0.717) is 27.7 Å². The zero-order chi connectivity index (χ0) is 18.4. The number of aliphatic carboxylic acids is 1. The van der Waals surface area contributed by atoms with E-state index in [1.54, 1.807) is 18.2 Å². The minimum atomic E-state index is -0.984. The van der Waals surface area contributed by atoms with Crippen LogP contribution >= 0.6 is 11.6 Å². The van der Waals surface area contributed by atoms with Gasteiger partial charge in [0.05, 0.1) is 16.6 Å². The standard InChI is InChI=1S/C19H15ClN2O4/c1-10-2-5-16-14(6-10)21-18(26-16)11-3-4-13(20)15(7-11)22-9-12(19(24)25)8-17(22)23/h2-7,12H,8-9H2,1H3,(H,24,25)/t12-/m0/s1. The maximum Gasteiger partial charge on any atom is 0.308 e. The van der Waals surface area contributed by atoms with Crippen LogP contribution in [-0.2, 0) is 9.59 Å². The average Bonchev–Trinajstić information content (AvgIpc) is 3.18. The summed E-state index contributed by atoms with van der Waals surface area (Å²) in [7, 11) is 0. The molecule has 0 spiro atoms. The lowest BCUT2D eigenvalue weighted by molar-refractivity contribution is -0.141. The number of fused-ring (bicyclic) bond motifs is 1. The fourth-order valence-electron chi connectivity index (χ4n) is 3.12. The molecular formula is C19H15ClN2O4. The highest BCUT2D eigenvalue weighted by Gasteiger charge is 2.36. The molecule has 26 heavy (non-hydrogen) atoms. The first-order valence-electron chi connectivity index (χ1n) is 8.12. The number of aryl methyl sites for hydroxylation is 1. The van der Waals surface area contributed by atoms with Gasteiger partial charge in [0, 0.05) is 18.5 Å². The molecule has 0 unspecified atom stereocenters. The zero-order valence-electron chi connectivity index (χ0n) is 13.9. The number of carbonyl (C=O) groups excluding carboxylic acids is 1. The molecule has 1 N–H and O–H groups in total. The van der Waals surface area contributed by atoms with Crippen molar-refractivity contribution in [1.82, 2.24) is 4.98 Å². The van der Waals surface area contributed by atoms with Crippen molar-refractivity contribution >= 4 is 40.3 Å². The monoisotopic (exact) mass is 370 g/mol. The van der Waals surface area contributed by atoms with Gasteiger partial charge in [-0.05, 0) is 42.8 Å². The summed E-state index contributed by atoms with van der Waals surface area (Å²) >= 11 is 6.26. The second kappa shape index (κ2) is 6.14. The number of hydrogen-bond acceptors (Lipinski definition) is 4. The Labute approximate surface area is 154 Å². The topological polar surface area (TPSA) is 83.6 Å². The normalized spacial score (nSPS) is 17.2. The number of hydrogen-bond donors (Lipinski definition) is 1. The molecule has 0 saturated carbocycles. The number of oxazole rings is 1. The Bertz CT molecular complexity index is 1040. The number of carboxylic acid groups (broad SMARTS) is 1. The molecule has 4 rings (SSSR count). The highest BCUT2D eigenvalue weighted by molar-refractivity contribution is 6.34. The Kier molecular flexibility index (Phi) is 3.92. The van der Waals surface area contributed by atoms with Crippen LogP contribution in [0.1, 0.15) is 12.0 Å². The van der Waals surface area contributed by atoms with Crippen LogP contribution in [0.2, 0.25) is 5.02 Å². The molecule has 6 nitrogen and oxygen atoms in total. The van der Waals surface area contributed by atoms with E-state index in [-0.39, 0.29) is 18.9 Å².